The summed E-state index contributed by atoms with van der Waals surface area (Å²) >= 11 is 0. The maximum absolute atomic E-state index is 12.5. The summed E-state index contributed by atoms with van der Waals surface area (Å²) in [5, 5.41) is 5.61. The van der Waals surface area contributed by atoms with Crippen molar-refractivity contribution < 1.29 is 22.4 Å². The molecule has 2 N–H and O–H groups in total. The van der Waals surface area contributed by atoms with Crippen LogP contribution in [0, 0.1) is 5.92 Å². The molecule has 3 rings (SSSR count). The van der Waals surface area contributed by atoms with Crippen LogP contribution in [0.1, 0.15) is 42.1 Å². The van der Waals surface area contributed by atoms with E-state index in [1.807, 2.05) is 19.9 Å². The second kappa shape index (κ2) is 10.3. The van der Waals surface area contributed by atoms with Crippen molar-refractivity contribution in [2.24, 2.45) is 5.92 Å². The zero-order valence-electron chi connectivity index (χ0n) is 18.0. The Morgan fingerprint density at radius 3 is 2.47 bits per heavy atom. The number of furan rings is 1. The molecule has 2 amide bonds. The van der Waals surface area contributed by atoms with Crippen LogP contribution in [0.3, 0.4) is 0 Å². The Hall–Kier alpha value is -3.39. The first-order chi connectivity index (χ1) is 15.3. The first-order valence-corrected chi connectivity index (χ1v) is 12.0. The van der Waals surface area contributed by atoms with E-state index in [1.165, 1.54) is 24.3 Å². The zero-order chi connectivity index (χ0) is 23.1. The van der Waals surface area contributed by atoms with Gasteiger partial charge in [0.05, 0.1) is 4.90 Å². The number of nitrogens with one attached hydrogen (secondary N) is 2. The van der Waals surface area contributed by atoms with Gasteiger partial charge in [-0.3, -0.25) is 9.59 Å². The standard InChI is InChI=1S/C24H26N2O5S/c1-3-17(2)23(27)26-19-9-7-8-18(14-19)15-25-24(28)22-13-12-20(31-22)16-32(29,30)21-10-5-4-6-11-21/h4-14,17H,3,15-16H2,1-2H3,(H,25,28)(H,26,27). The molecule has 2 aromatic carbocycles. The number of carbonyl (C=O) groups is 2. The van der Waals surface area contributed by atoms with Gasteiger partial charge in [0.1, 0.15) is 11.5 Å². The van der Waals surface area contributed by atoms with E-state index in [0.29, 0.717) is 5.69 Å². The van der Waals surface area contributed by atoms with Gasteiger partial charge in [-0.2, -0.15) is 0 Å². The molecule has 168 valence electrons. The lowest BCUT2D eigenvalue weighted by Crippen LogP contribution is -2.23. The van der Waals surface area contributed by atoms with Crippen molar-refractivity contribution in [1.29, 1.82) is 0 Å². The molecule has 0 fully saturated rings. The van der Waals surface area contributed by atoms with Crippen molar-refractivity contribution >= 4 is 27.3 Å². The molecule has 32 heavy (non-hydrogen) atoms. The number of benzene rings is 2. The van der Waals surface area contributed by atoms with Gasteiger partial charge in [-0.1, -0.05) is 44.2 Å². The van der Waals surface area contributed by atoms with Crippen molar-refractivity contribution in [2.75, 3.05) is 5.32 Å². The summed E-state index contributed by atoms with van der Waals surface area (Å²) in [4.78, 5) is 24.7. The Morgan fingerprint density at radius 1 is 1.00 bits per heavy atom. The normalized spacial score (nSPS) is 12.2. The molecule has 0 aliphatic heterocycles. The Labute approximate surface area is 187 Å². The molecule has 0 saturated carbocycles. The van der Waals surface area contributed by atoms with Crippen LogP contribution in [-0.2, 0) is 26.9 Å². The minimum atomic E-state index is -3.56. The highest BCUT2D eigenvalue weighted by Gasteiger charge is 2.19. The van der Waals surface area contributed by atoms with E-state index in [-0.39, 0.29) is 40.5 Å². The van der Waals surface area contributed by atoms with Gasteiger partial charge in [0.2, 0.25) is 5.91 Å². The van der Waals surface area contributed by atoms with Gasteiger partial charge in [-0.25, -0.2) is 8.42 Å². The predicted octanol–water partition coefficient (Wildman–Crippen LogP) is 4.17. The van der Waals surface area contributed by atoms with Crippen LogP contribution in [0.5, 0.6) is 0 Å². The summed E-state index contributed by atoms with van der Waals surface area (Å²) in [6, 6.07) is 18.2. The van der Waals surface area contributed by atoms with Crippen molar-refractivity contribution in [2.45, 2.75) is 37.5 Å². The van der Waals surface area contributed by atoms with Crippen molar-refractivity contribution in [3.05, 3.63) is 83.8 Å². The van der Waals surface area contributed by atoms with Crippen LogP contribution in [0.4, 0.5) is 5.69 Å². The smallest absolute Gasteiger partial charge is 0.287 e. The molecule has 3 aromatic rings. The van der Waals surface area contributed by atoms with Gasteiger partial charge < -0.3 is 15.1 Å². The van der Waals surface area contributed by atoms with Crippen LogP contribution in [-0.4, -0.2) is 20.2 Å². The molecule has 0 saturated heterocycles. The highest BCUT2D eigenvalue weighted by Crippen LogP contribution is 2.18. The summed E-state index contributed by atoms with van der Waals surface area (Å²) < 4.78 is 30.4. The minimum absolute atomic E-state index is 0.0319. The van der Waals surface area contributed by atoms with Crippen molar-refractivity contribution in [3.8, 4) is 0 Å². The first kappa shape index (κ1) is 23.3. The summed E-state index contributed by atoms with van der Waals surface area (Å²) in [7, 11) is -3.56. The molecule has 0 radical (unpaired) electrons. The molecular weight excluding hydrogens is 428 g/mol. The Balaban J connectivity index is 1.59. The third-order valence-electron chi connectivity index (χ3n) is 5.03. The highest BCUT2D eigenvalue weighted by atomic mass is 32.2. The quantitative estimate of drug-likeness (QED) is 0.505. The van der Waals surface area contributed by atoms with Gasteiger partial charge in [-0.15, -0.1) is 0 Å². The van der Waals surface area contributed by atoms with E-state index in [9.17, 15) is 18.0 Å². The minimum Gasteiger partial charge on any atom is -0.455 e. The summed E-state index contributed by atoms with van der Waals surface area (Å²) in [5.41, 5.74) is 1.46. The molecule has 1 atom stereocenters. The molecule has 0 bridgehead atoms. The van der Waals surface area contributed by atoms with Crippen LogP contribution >= 0.6 is 0 Å². The first-order valence-electron chi connectivity index (χ1n) is 10.3. The second-order valence-electron chi connectivity index (χ2n) is 7.52. The molecule has 7 nitrogen and oxygen atoms in total. The van der Waals surface area contributed by atoms with E-state index in [4.69, 9.17) is 4.42 Å². The number of hydrogen-bond donors (Lipinski definition) is 2. The predicted molar refractivity (Wildman–Crippen MR) is 122 cm³/mol. The number of hydrogen-bond acceptors (Lipinski definition) is 5. The Kier molecular flexibility index (Phi) is 7.48. The lowest BCUT2D eigenvalue weighted by atomic mass is 10.1. The largest absolute Gasteiger partial charge is 0.455 e. The van der Waals surface area contributed by atoms with Crippen molar-refractivity contribution in [1.82, 2.24) is 5.32 Å². The van der Waals surface area contributed by atoms with E-state index in [0.717, 1.165) is 12.0 Å². The average Bonchev–Trinajstić information content (AvgIpc) is 3.25. The van der Waals surface area contributed by atoms with E-state index < -0.39 is 15.7 Å². The molecule has 1 aromatic heterocycles. The zero-order valence-corrected chi connectivity index (χ0v) is 18.8. The van der Waals surface area contributed by atoms with Gasteiger partial charge in [0.25, 0.3) is 5.91 Å². The van der Waals surface area contributed by atoms with Crippen LogP contribution in [0.25, 0.3) is 0 Å². The van der Waals surface area contributed by atoms with Crippen LogP contribution in [0.2, 0.25) is 0 Å². The van der Waals surface area contributed by atoms with Gasteiger partial charge in [0.15, 0.2) is 15.6 Å². The Morgan fingerprint density at radius 2 is 1.75 bits per heavy atom. The summed E-state index contributed by atoms with van der Waals surface area (Å²) in [6.45, 7) is 4.04. The lowest BCUT2D eigenvalue weighted by molar-refractivity contribution is -0.119. The van der Waals surface area contributed by atoms with E-state index >= 15 is 0 Å². The number of carbonyl (C=O) groups excluding carboxylic acids is 2. The molecule has 8 heteroatoms. The Bertz CT molecular complexity index is 1190. The highest BCUT2D eigenvalue weighted by molar-refractivity contribution is 7.90. The number of anilines is 1. The number of rotatable bonds is 9. The van der Waals surface area contributed by atoms with Gasteiger partial charge in [0, 0.05) is 18.2 Å². The molecule has 0 aliphatic rings. The van der Waals surface area contributed by atoms with Gasteiger partial charge >= 0.3 is 0 Å². The lowest BCUT2D eigenvalue weighted by Gasteiger charge is -2.11. The van der Waals surface area contributed by atoms with E-state index in [1.54, 1.807) is 36.4 Å². The van der Waals surface area contributed by atoms with Crippen LogP contribution in [0.15, 0.2) is 76.0 Å². The summed E-state index contributed by atoms with van der Waals surface area (Å²) in [5.74, 6) is -0.706. The fraction of sp³-hybridized carbons (Fsp3) is 0.250. The summed E-state index contributed by atoms with van der Waals surface area (Å²) in [6.07, 6.45) is 0.749. The van der Waals surface area contributed by atoms with Gasteiger partial charge in [-0.05, 0) is 48.4 Å². The molecule has 0 spiro atoms. The molecule has 1 heterocycles. The molecular formula is C24H26N2O5S. The second-order valence-corrected chi connectivity index (χ2v) is 9.51. The maximum Gasteiger partial charge on any atom is 0.287 e. The fourth-order valence-corrected chi connectivity index (χ4v) is 4.22. The average molecular weight is 455 g/mol. The number of sulfone groups is 1. The number of amides is 2. The molecule has 0 aliphatic carbocycles. The fourth-order valence-electron chi connectivity index (χ4n) is 2.96. The monoisotopic (exact) mass is 454 g/mol. The third kappa shape index (κ3) is 6.07. The van der Waals surface area contributed by atoms with Crippen LogP contribution < -0.4 is 10.6 Å². The topological polar surface area (TPSA) is 105 Å². The van der Waals surface area contributed by atoms with E-state index in [2.05, 4.69) is 10.6 Å². The third-order valence-corrected chi connectivity index (χ3v) is 6.68. The maximum atomic E-state index is 12.5. The SMILES string of the molecule is CCC(C)C(=O)Nc1cccc(CNC(=O)c2ccc(CS(=O)(=O)c3ccccc3)o2)c1. The van der Waals surface area contributed by atoms with Crippen molar-refractivity contribution in [3.63, 3.8) is 0 Å². The molecule has 1 unspecified atom stereocenters.